The molecule has 130 valence electrons. The molecule has 0 saturated heterocycles. The summed E-state index contributed by atoms with van der Waals surface area (Å²) in [6.45, 7) is 3.52. The number of hydrogen-bond donors (Lipinski definition) is 0. The van der Waals surface area contributed by atoms with Gasteiger partial charge in [0.2, 0.25) is 0 Å². The third-order valence-corrected chi connectivity index (χ3v) is 3.35. The molecule has 0 aliphatic rings. The Morgan fingerprint density at radius 2 is 1.56 bits per heavy atom. The second-order valence-electron chi connectivity index (χ2n) is 5.20. The van der Waals surface area contributed by atoms with Gasteiger partial charge in [-0.2, -0.15) is 13.2 Å². The fourth-order valence-corrected chi connectivity index (χ4v) is 2.12. The van der Waals surface area contributed by atoms with E-state index in [9.17, 15) is 26.3 Å². The molecule has 0 amide bonds. The van der Waals surface area contributed by atoms with Crippen LogP contribution < -0.4 is 0 Å². The van der Waals surface area contributed by atoms with Gasteiger partial charge in [-0.1, -0.05) is 17.9 Å². The lowest BCUT2D eigenvalue weighted by atomic mass is 10.1. The fourth-order valence-electron chi connectivity index (χ4n) is 2.12. The van der Waals surface area contributed by atoms with Crippen molar-refractivity contribution in [3.8, 4) is 11.8 Å². The number of alkyl halides is 3. The summed E-state index contributed by atoms with van der Waals surface area (Å²) >= 11 is 0. The van der Waals surface area contributed by atoms with Crippen LogP contribution in [0.2, 0.25) is 0 Å². The Balaban J connectivity index is 2.32. The summed E-state index contributed by atoms with van der Waals surface area (Å²) in [5.74, 6) is 1.19. The van der Waals surface area contributed by atoms with Gasteiger partial charge in [0.25, 0.3) is 0 Å². The largest absolute Gasteiger partial charge is 0.419 e. The molecule has 0 atom stereocenters. The third kappa shape index (κ3) is 4.66. The Labute approximate surface area is 140 Å². The van der Waals surface area contributed by atoms with Crippen LogP contribution in [0.5, 0.6) is 0 Å². The Morgan fingerprint density at radius 1 is 0.920 bits per heavy atom. The van der Waals surface area contributed by atoms with Crippen LogP contribution in [0.4, 0.5) is 26.3 Å². The minimum atomic E-state index is -4.82. The molecule has 2 aromatic rings. The van der Waals surface area contributed by atoms with Crippen molar-refractivity contribution < 1.29 is 26.3 Å². The lowest BCUT2D eigenvalue weighted by Crippen LogP contribution is -2.07. The molecule has 2 aromatic carbocycles. The predicted octanol–water partition coefficient (Wildman–Crippen LogP) is 5.64. The van der Waals surface area contributed by atoms with E-state index in [1.54, 1.807) is 6.08 Å². The number of allylic oxidation sites excluding steroid dienone is 1. The molecular formula is C19H12F6. The van der Waals surface area contributed by atoms with E-state index in [0.29, 0.717) is 30.5 Å². The molecule has 0 aromatic heterocycles. The van der Waals surface area contributed by atoms with Crippen molar-refractivity contribution in [2.24, 2.45) is 0 Å². The summed E-state index contributed by atoms with van der Waals surface area (Å²) in [5.41, 5.74) is -1.65. The summed E-state index contributed by atoms with van der Waals surface area (Å²) in [5, 5.41) is 0. The predicted molar refractivity (Wildman–Crippen MR) is 82.3 cm³/mol. The van der Waals surface area contributed by atoms with Crippen LogP contribution in [0.1, 0.15) is 28.7 Å². The van der Waals surface area contributed by atoms with Gasteiger partial charge in [-0.3, -0.25) is 0 Å². The van der Waals surface area contributed by atoms with Crippen LogP contribution in [0, 0.1) is 29.3 Å². The average Bonchev–Trinajstić information content (AvgIpc) is 2.51. The van der Waals surface area contributed by atoms with Crippen molar-refractivity contribution in [2.45, 2.75) is 19.0 Å². The second-order valence-corrected chi connectivity index (χ2v) is 5.20. The van der Waals surface area contributed by atoms with E-state index in [-0.39, 0.29) is 5.56 Å². The van der Waals surface area contributed by atoms with Crippen LogP contribution in [0.3, 0.4) is 0 Å². The van der Waals surface area contributed by atoms with Gasteiger partial charge in [0.05, 0.1) is 11.1 Å². The first-order valence-corrected chi connectivity index (χ1v) is 7.20. The van der Waals surface area contributed by atoms with Crippen molar-refractivity contribution in [1.82, 2.24) is 0 Å². The van der Waals surface area contributed by atoms with Gasteiger partial charge in [-0.15, -0.1) is 6.58 Å². The third-order valence-electron chi connectivity index (χ3n) is 3.35. The summed E-state index contributed by atoms with van der Waals surface area (Å²) in [7, 11) is 0. The van der Waals surface area contributed by atoms with Crippen LogP contribution in [0.25, 0.3) is 0 Å². The molecule has 2 rings (SSSR count). The Morgan fingerprint density at radius 3 is 2.08 bits per heavy atom. The van der Waals surface area contributed by atoms with Crippen molar-refractivity contribution in [3.63, 3.8) is 0 Å². The SMILES string of the molecule is C=CCCc1cc(F)c(C#Cc2ccc(C(F)(F)F)c(F)c2)c(F)c1. The van der Waals surface area contributed by atoms with E-state index in [1.807, 2.05) is 0 Å². The Kier molecular flexibility index (Phi) is 5.58. The van der Waals surface area contributed by atoms with Gasteiger partial charge >= 0.3 is 6.18 Å². The highest BCUT2D eigenvalue weighted by atomic mass is 19.4. The maximum Gasteiger partial charge on any atom is 0.419 e. The molecular weight excluding hydrogens is 342 g/mol. The lowest BCUT2D eigenvalue weighted by Gasteiger charge is -2.07. The van der Waals surface area contributed by atoms with Crippen LogP contribution in [-0.4, -0.2) is 0 Å². The van der Waals surface area contributed by atoms with Gasteiger partial charge in [0, 0.05) is 5.56 Å². The molecule has 0 radical (unpaired) electrons. The van der Waals surface area contributed by atoms with E-state index in [2.05, 4.69) is 18.4 Å². The molecule has 0 saturated carbocycles. The molecule has 0 aliphatic heterocycles. The number of rotatable bonds is 3. The standard InChI is InChI=1S/C19H12F6/c1-2-3-4-13-10-16(20)14(17(21)11-13)7-5-12-6-8-15(18(22)9-12)19(23,24)25/h2,6,8-11H,1,3-4H2. The van der Waals surface area contributed by atoms with Crippen LogP contribution in [0.15, 0.2) is 43.0 Å². The van der Waals surface area contributed by atoms with E-state index in [1.165, 1.54) is 0 Å². The molecule has 25 heavy (non-hydrogen) atoms. The first kappa shape index (κ1) is 18.7. The molecule has 0 aliphatic carbocycles. The highest BCUT2D eigenvalue weighted by Crippen LogP contribution is 2.31. The van der Waals surface area contributed by atoms with Crippen LogP contribution >= 0.6 is 0 Å². The molecule has 0 spiro atoms. The molecule has 0 N–H and O–H groups in total. The lowest BCUT2D eigenvalue weighted by molar-refractivity contribution is -0.140. The zero-order chi connectivity index (χ0) is 18.6. The van der Waals surface area contributed by atoms with Gasteiger partial charge in [-0.05, 0) is 48.7 Å². The smallest absolute Gasteiger partial charge is 0.206 e. The van der Waals surface area contributed by atoms with E-state index < -0.39 is 34.8 Å². The van der Waals surface area contributed by atoms with Crippen molar-refractivity contribution in [2.75, 3.05) is 0 Å². The topological polar surface area (TPSA) is 0 Å². The van der Waals surface area contributed by atoms with Gasteiger partial charge in [0.1, 0.15) is 17.5 Å². The van der Waals surface area contributed by atoms with Crippen molar-refractivity contribution >= 4 is 0 Å². The van der Waals surface area contributed by atoms with Crippen molar-refractivity contribution in [3.05, 3.63) is 82.7 Å². The van der Waals surface area contributed by atoms with Gasteiger partial charge in [0.15, 0.2) is 0 Å². The van der Waals surface area contributed by atoms with E-state index in [0.717, 1.165) is 18.2 Å². The summed E-state index contributed by atoms with van der Waals surface area (Å²) in [4.78, 5) is 0. The second kappa shape index (κ2) is 7.47. The van der Waals surface area contributed by atoms with Crippen LogP contribution in [-0.2, 0) is 12.6 Å². The van der Waals surface area contributed by atoms with E-state index >= 15 is 0 Å². The highest BCUT2D eigenvalue weighted by Gasteiger charge is 2.33. The summed E-state index contributed by atoms with van der Waals surface area (Å²) in [6, 6.07) is 4.30. The quantitative estimate of drug-likeness (QED) is 0.380. The molecule has 6 heteroatoms. The summed E-state index contributed by atoms with van der Waals surface area (Å²) < 4.78 is 78.8. The number of hydrogen-bond acceptors (Lipinski definition) is 0. The zero-order valence-electron chi connectivity index (χ0n) is 12.9. The monoisotopic (exact) mass is 354 g/mol. The van der Waals surface area contributed by atoms with Gasteiger partial charge < -0.3 is 0 Å². The minimum Gasteiger partial charge on any atom is -0.206 e. The highest BCUT2D eigenvalue weighted by molar-refractivity contribution is 5.46. The van der Waals surface area contributed by atoms with E-state index in [4.69, 9.17) is 0 Å². The molecule has 0 fully saturated rings. The molecule has 0 unspecified atom stereocenters. The first-order valence-electron chi connectivity index (χ1n) is 7.20. The first-order chi connectivity index (χ1) is 11.7. The number of benzene rings is 2. The maximum atomic E-state index is 13.9. The maximum absolute atomic E-state index is 13.9. The normalized spacial score (nSPS) is 11.0. The zero-order valence-corrected chi connectivity index (χ0v) is 12.9. The molecule has 0 bridgehead atoms. The Hall–Kier alpha value is -2.68. The number of aryl methyl sites for hydroxylation is 1. The fraction of sp³-hybridized carbons (Fsp3) is 0.158. The average molecular weight is 354 g/mol. The molecule has 0 heterocycles. The minimum absolute atomic E-state index is 0.125. The van der Waals surface area contributed by atoms with Crippen molar-refractivity contribution in [1.29, 1.82) is 0 Å². The molecule has 0 nitrogen and oxygen atoms in total. The Bertz CT molecular complexity index is 829. The van der Waals surface area contributed by atoms with Gasteiger partial charge in [-0.25, -0.2) is 13.2 Å². The summed E-state index contributed by atoms with van der Waals surface area (Å²) in [6.07, 6.45) is -2.25. The number of halogens is 6.